The second-order valence-corrected chi connectivity index (χ2v) is 8.18. The Hall–Kier alpha value is -2.70. The molecule has 0 amide bonds. The molecule has 140 valence electrons. The lowest BCUT2D eigenvalue weighted by molar-refractivity contribution is 0.0920. The summed E-state index contributed by atoms with van der Waals surface area (Å²) < 4.78 is 12.3. The van der Waals surface area contributed by atoms with Crippen LogP contribution in [0.3, 0.4) is 0 Å². The van der Waals surface area contributed by atoms with Crippen molar-refractivity contribution in [2.24, 2.45) is 0 Å². The number of halogens is 1. The highest BCUT2D eigenvalue weighted by Crippen LogP contribution is 2.37. The third-order valence-electron chi connectivity index (χ3n) is 4.30. The average Bonchev–Trinajstić information content (AvgIpc) is 3.29. The van der Waals surface area contributed by atoms with Crippen molar-refractivity contribution in [1.82, 2.24) is 0 Å². The summed E-state index contributed by atoms with van der Waals surface area (Å²) in [6.45, 7) is 1.74. The molecular formula is C22H15BrO4S. The van der Waals surface area contributed by atoms with Gasteiger partial charge < -0.3 is 9.47 Å². The first-order valence-electron chi connectivity index (χ1n) is 8.55. The Kier molecular flexibility index (Phi) is 5.15. The summed E-state index contributed by atoms with van der Waals surface area (Å²) in [5.74, 6) is 0.980. The molecule has 2 heterocycles. The molecule has 0 spiro atoms. The highest BCUT2D eigenvalue weighted by Gasteiger charge is 2.30. The van der Waals surface area contributed by atoms with Gasteiger partial charge in [0.25, 0.3) is 0 Å². The van der Waals surface area contributed by atoms with Gasteiger partial charge in [-0.25, -0.2) is 0 Å². The van der Waals surface area contributed by atoms with Gasteiger partial charge in [0.2, 0.25) is 5.78 Å². The van der Waals surface area contributed by atoms with E-state index < -0.39 is 0 Å². The predicted molar refractivity (Wildman–Crippen MR) is 112 cm³/mol. The average molecular weight is 455 g/mol. The summed E-state index contributed by atoms with van der Waals surface area (Å²) in [6.07, 6.45) is 1.74. The second kappa shape index (κ2) is 7.73. The van der Waals surface area contributed by atoms with E-state index in [1.807, 2.05) is 36.6 Å². The van der Waals surface area contributed by atoms with Crippen molar-refractivity contribution >= 4 is 44.9 Å². The van der Waals surface area contributed by atoms with Crippen LogP contribution in [0.25, 0.3) is 6.08 Å². The van der Waals surface area contributed by atoms with Crippen molar-refractivity contribution < 1.29 is 19.1 Å². The number of Topliss-reactive ketones (excluding diaryl/α,β-unsaturated/α-hetero) is 2. The molecule has 0 saturated carbocycles. The number of aryl methyl sites for hydroxylation is 1. The maximum absolute atomic E-state index is 12.6. The van der Waals surface area contributed by atoms with E-state index in [-0.39, 0.29) is 18.2 Å². The minimum Gasteiger partial charge on any atom is -0.485 e. The molecule has 6 heteroatoms. The molecule has 0 radical (unpaired) electrons. The Bertz CT molecular complexity index is 1080. The van der Waals surface area contributed by atoms with E-state index >= 15 is 0 Å². The molecule has 4 nitrogen and oxygen atoms in total. The molecule has 28 heavy (non-hydrogen) atoms. The zero-order valence-corrected chi connectivity index (χ0v) is 17.3. The quantitative estimate of drug-likeness (QED) is 0.366. The lowest BCUT2D eigenvalue weighted by Crippen LogP contribution is -2.11. The van der Waals surface area contributed by atoms with Crippen LogP contribution >= 0.6 is 27.3 Å². The molecule has 4 rings (SSSR count). The van der Waals surface area contributed by atoms with E-state index in [9.17, 15) is 9.59 Å². The third kappa shape index (κ3) is 3.79. The van der Waals surface area contributed by atoms with Crippen molar-refractivity contribution in [3.63, 3.8) is 0 Å². The molecule has 1 aliphatic heterocycles. The van der Waals surface area contributed by atoms with E-state index in [4.69, 9.17) is 9.47 Å². The van der Waals surface area contributed by atoms with Crippen LogP contribution in [-0.4, -0.2) is 18.2 Å². The van der Waals surface area contributed by atoms with Crippen LogP contribution in [-0.2, 0) is 0 Å². The highest BCUT2D eigenvalue weighted by molar-refractivity contribution is 9.10. The van der Waals surface area contributed by atoms with Crippen molar-refractivity contribution in [2.75, 3.05) is 6.61 Å². The first-order valence-corrected chi connectivity index (χ1v) is 10.2. The van der Waals surface area contributed by atoms with Gasteiger partial charge in [-0.05, 0) is 42.1 Å². The summed E-state index contributed by atoms with van der Waals surface area (Å²) in [5.41, 5.74) is 1.87. The Morgan fingerprint density at radius 2 is 2.00 bits per heavy atom. The minimum absolute atomic E-state index is 0.0916. The van der Waals surface area contributed by atoms with Crippen LogP contribution in [0.4, 0.5) is 0 Å². The number of fused-ring (bicyclic) bond motifs is 1. The number of ketones is 2. The van der Waals surface area contributed by atoms with E-state index in [1.54, 1.807) is 30.3 Å². The number of carbonyl (C=O) groups is 2. The van der Waals surface area contributed by atoms with Crippen LogP contribution in [0, 0.1) is 6.92 Å². The number of carbonyl (C=O) groups excluding carboxylic acids is 2. The van der Waals surface area contributed by atoms with Crippen molar-refractivity contribution in [3.05, 3.63) is 85.7 Å². The van der Waals surface area contributed by atoms with Crippen molar-refractivity contribution in [1.29, 1.82) is 0 Å². The maximum Gasteiger partial charge on any atom is 0.232 e. The van der Waals surface area contributed by atoms with Crippen LogP contribution in [0.5, 0.6) is 11.5 Å². The number of allylic oxidation sites excluding steroid dienone is 1. The summed E-state index contributed by atoms with van der Waals surface area (Å²) in [4.78, 5) is 25.9. The molecule has 2 aromatic carbocycles. The summed E-state index contributed by atoms with van der Waals surface area (Å²) in [7, 11) is 0. The topological polar surface area (TPSA) is 52.6 Å². The van der Waals surface area contributed by atoms with Crippen LogP contribution in [0.1, 0.15) is 31.2 Å². The van der Waals surface area contributed by atoms with Gasteiger partial charge in [-0.15, -0.1) is 11.3 Å². The number of ether oxygens (including phenoxy) is 2. The summed E-state index contributed by atoms with van der Waals surface area (Å²) in [5, 5.41) is 1.94. The number of hydrogen-bond donors (Lipinski definition) is 0. The fourth-order valence-corrected chi connectivity index (χ4v) is 3.84. The monoisotopic (exact) mass is 454 g/mol. The van der Waals surface area contributed by atoms with E-state index in [2.05, 4.69) is 15.9 Å². The molecule has 1 aliphatic rings. The zero-order valence-electron chi connectivity index (χ0n) is 14.9. The highest BCUT2D eigenvalue weighted by atomic mass is 79.9. The number of thiophene rings is 1. The fraction of sp³-hybridized carbons (Fsp3) is 0.0909. The molecule has 0 N–H and O–H groups in total. The van der Waals surface area contributed by atoms with Crippen molar-refractivity contribution in [2.45, 2.75) is 6.92 Å². The number of benzene rings is 2. The van der Waals surface area contributed by atoms with Crippen LogP contribution in [0.2, 0.25) is 0 Å². The van der Waals surface area contributed by atoms with Gasteiger partial charge >= 0.3 is 0 Å². The maximum atomic E-state index is 12.6. The Labute approximate surface area is 174 Å². The van der Waals surface area contributed by atoms with Gasteiger partial charge in [-0.1, -0.05) is 34.1 Å². The first-order chi connectivity index (χ1) is 13.5. The van der Waals surface area contributed by atoms with E-state index in [1.165, 1.54) is 11.3 Å². The first kappa shape index (κ1) is 18.7. The molecule has 0 bridgehead atoms. The Morgan fingerprint density at radius 1 is 1.21 bits per heavy atom. The SMILES string of the molecule is Cc1cc(OCC(=O)c2ccc(Br)cc2)cc2c1C(=O)/C(=C/c1cccs1)O2. The number of rotatable bonds is 5. The fourth-order valence-electron chi connectivity index (χ4n) is 2.93. The van der Waals surface area contributed by atoms with Crippen LogP contribution < -0.4 is 9.47 Å². The smallest absolute Gasteiger partial charge is 0.232 e. The molecule has 0 atom stereocenters. The molecule has 0 unspecified atom stereocenters. The lowest BCUT2D eigenvalue weighted by atomic mass is 10.0. The van der Waals surface area contributed by atoms with Gasteiger partial charge in [0.05, 0.1) is 5.56 Å². The van der Waals surface area contributed by atoms with Crippen molar-refractivity contribution in [3.8, 4) is 11.5 Å². The van der Waals surface area contributed by atoms with E-state index in [0.717, 1.165) is 14.9 Å². The molecule has 0 saturated heterocycles. The molecule has 1 aromatic heterocycles. The van der Waals surface area contributed by atoms with Gasteiger partial charge in [0.1, 0.15) is 11.5 Å². The van der Waals surface area contributed by atoms with Crippen LogP contribution in [0.15, 0.2) is 64.1 Å². The number of hydrogen-bond acceptors (Lipinski definition) is 5. The van der Waals surface area contributed by atoms with Gasteiger partial charge in [0, 0.05) is 27.1 Å². The van der Waals surface area contributed by atoms with Gasteiger partial charge in [-0.3, -0.25) is 9.59 Å². The third-order valence-corrected chi connectivity index (χ3v) is 5.64. The van der Waals surface area contributed by atoms with E-state index in [0.29, 0.717) is 28.4 Å². The second-order valence-electron chi connectivity index (χ2n) is 6.29. The van der Waals surface area contributed by atoms with Gasteiger partial charge in [-0.2, -0.15) is 0 Å². The largest absolute Gasteiger partial charge is 0.485 e. The molecule has 3 aromatic rings. The normalized spacial score (nSPS) is 14.1. The Balaban J connectivity index is 1.51. The zero-order chi connectivity index (χ0) is 19.7. The molecule has 0 fully saturated rings. The summed E-state index contributed by atoms with van der Waals surface area (Å²) >= 11 is 4.88. The summed E-state index contributed by atoms with van der Waals surface area (Å²) in [6, 6.07) is 14.4. The standard InChI is InChI=1S/C22H15BrO4S/c1-13-9-16(26-12-18(24)14-4-6-15(23)7-5-14)10-19-21(13)22(25)20(27-19)11-17-3-2-8-28-17/h2-11H,12H2,1H3/b20-11-. The van der Waals surface area contributed by atoms with Gasteiger partial charge in [0.15, 0.2) is 18.1 Å². The Morgan fingerprint density at radius 3 is 2.71 bits per heavy atom. The lowest BCUT2D eigenvalue weighted by Gasteiger charge is -2.09. The minimum atomic E-state index is -0.140. The predicted octanol–water partition coefficient (Wildman–Crippen LogP) is 5.70. The molecule has 0 aliphatic carbocycles. The molecular weight excluding hydrogens is 440 g/mol.